The molecule has 1 nitrogen and oxygen atoms in total. The number of thioether (sulfide) groups is 1. The number of rotatable bonds is 7. The molecule has 1 rings (SSSR count). The number of halogens is 2. The van der Waals surface area contributed by atoms with E-state index in [0.717, 1.165) is 34.5 Å². The van der Waals surface area contributed by atoms with E-state index in [-0.39, 0.29) is 5.82 Å². The zero-order chi connectivity index (χ0) is 12.7. The van der Waals surface area contributed by atoms with Gasteiger partial charge in [-0.1, -0.05) is 29.8 Å². The normalized spacial score (nSPS) is 12.7. The molecular formula is C13H19BrFNS. The van der Waals surface area contributed by atoms with Gasteiger partial charge < -0.3 is 5.32 Å². The lowest BCUT2D eigenvalue weighted by Crippen LogP contribution is -2.33. The van der Waals surface area contributed by atoms with Crippen molar-refractivity contribution >= 4 is 27.7 Å². The number of hydrogen-bond acceptors (Lipinski definition) is 2. The van der Waals surface area contributed by atoms with E-state index < -0.39 is 0 Å². The molecule has 1 aromatic rings. The van der Waals surface area contributed by atoms with Gasteiger partial charge >= 0.3 is 0 Å². The smallest absolute Gasteiger partial charge is 0.124 e. The van der Waals surface area contributed by atoms with Crippen LogP contribution < -0.4 is 5.32 Å². The second kappa shape index (κ2) is 8.11. The van der Waals surface area contributed by atoms with Crippen molar-refractivity contribution in [1.29, 1.82) is 0 Å². The third-order valence-corrected chi connectivity index (χ3v) is 3.92. The minimum absolute atomic E-state index is 0.173. The molecule has 0 saturated heterocycles. The van der Waals surface area contributed by atoms with Crippen molar-refractivity contribution in [3.63, 3.8) is 0 Å². The molecular weight excluding hydrogens is 301 g/mol. The van der Waals surface area contributed by atoms with Crippen LogP contribution in [0.5, 0.6) is 0 Å². The van der Waals surface area contributed by atoms with Crippen LogP contribution >= 0.6 is 27.7 Å². The summed E-state index contributed by atoms with van der Waals surface area (Å²) in [6.07, 6.45) is 0.872. The van der Waals surface area contributed by atoms with Gasteiger partial charge in [-0.15, -0.1) is 0 Å². The summed E-state index contributed by atoms with van der Waals surface area (Å²) >= 11 is 5.24. The van der Waals surface area contributed by atoms with E-state index in [9.17, 15) is 4.39 Å². The first-order chi connectivity index (χ1) is 8.15. The predicted molar refractivity (Wildman–Crippen MR) is 78.3 cm³/mol. The quantitative estimate of drug-likeness (QED) is 0.819. The van der Waals surface area contributed by atoms with Crippen molar-refractivity contribution in [2.75, 3.05) is 18.1 Å². The summed E-state index contributed by atoms with van der Waals surface area (Å²) in [5, 5.41) is 3.45. The zero-order valence-electron chi connectivity index (χ0n) is 10.3. The molecule has 0 spiro atoms. The minimum atomic E-state index is -0.173. The third kappa shape index (κ3) is 5.89. The van der Waals surface area contributed by atoms with Gasteiger partial charge in [-0.2, -0.15) is 11.8 Å². The lowest BCUT2D eigenvalue weighted by molar-refractivity contribution is 0.568. The highest BCUT2D eigenvalue weighted by molar-refractivity contribution is 9.10. The van der Waals surface area contributed by atoms with Crippen LogP contribution in [0.3, 0.4) is 0 Å². The Morgan fingerprint density at radius 1 is 1.35 bits per heavy atom. The van der Waals surface area contributed by atoms with Crippen molar-refractivity contribution in [3.05, 3.63) is 34.1 Å². The van der Waals surface area contributed by atoms with Crippen molar-refractivity contribution in [3.8, 4) is 0 Å². The van der Waals surface area contributed by atoms with Crippen LogP contribution in [0.1, 0.15) is 19.4 Å². The first-order valence-electron chi connectivity index (χ1n) is 5.91. The molecule has 96 valence electrons. The van der Waals surface area contributed by atoms with Gasteiger partial charge in [0.2, 0.25) is 0 Å². The predicted octanol–water partition coefficient (Wildman–Crippen LogP) is 3.86. The maximum atomic E-state index is 13.3. The Kier molecular flexibility index (Phi) is 7.16. The third-order valence-electron chi connectivity index (χ3n) is 2.42. The largest absolute Gasteiger partial charge is 0.313 e. The first kappa shape index (κ1) is 15.0. The van der Waals surface area contributed by atoms with E-state index in [1.54, 1.807) is 6.07 Å². The zero-order valence-corrected chi connectivity index (χ0v) is 12.7. The molecule has 1 unspecified atom stereocenters. The fourth-order valence-corrected chi connectivity index (χ4v) is 3.02. The van der Waals surface area contributed by atoms with Gasteiger partial charge in [-0.3, -0.25) is 0 Å². The maximum Gasteiger partial charge on any atom is 0.124 e. The standard InChI is InChI=1S/C13H19BrFNS/c1-3-16-13(9-17-4-2)7-10-5-11(14)8-12(15)6-10/h5-6,8,13,16H,3-4,7,9H2,1-2H3. The Bertz CT molecular complexity index is 326. The highest BCUT2D eigenvalue weighted by Crippen LogP contribution is 2.17. The summed E-state index contributed by atoms with van der Waals surface area (Å²) in [6.45, 7) is 5.21. The van der Waals surface area contributed by atoms with Crippen molar-refractivity contribution in [2.24, 2.45) is 0 Å². The molecule has 1 atom stereocenters. The Labute approximate surface area is 116 Å². The van der Waals surface area contributed by atoms with Gasteiger partial charge in [0.25, 0.3) is 0 Å². The summed E-state index contributed by atoms with van der Waals surface area (Å²) in [5.41, 5.74) is 1.04. The van der Waals surface area contributed by atoms with Gasteiger partial charge in [0, 0.05) is 16.3 Å². The number of nitrogens with one attached hydrogen (secondary N) is 1. The van der Waals surface area contributed by atoms with E-state index in [0.29, 0.717) is 6.04 Å². The Balaban J connectivity index is 2.63. The summed E-state index contributed by atoms with van der Waals surface area (Å²) in [7, 11) is 0. The average molecular weight is 320 g/mol. The molecule has 0 aromatic heterocycles. The Morgan fingerprint density at radius 3 is 2.71 bits per heavy atom. The van der Waals surface area contributed by atoms with Crippen LogP contribution in [0.2, 0.25) is 0 Å². The van der Waals surface area contributed by atoms with Crippen LogP contribution in [0, 0.1) is 5.82 Å². The average Bonchev–Trinajstić information content (AvgIpc) is 2.24. The van der Waals surface area contributed by atoms with Gasteiger partial charge in [0.15, 0.2) is 0 Å². The minimum Gasteiger partial charge on any atom is -0.313 e. The molecule has 17 heavy (non-hydrogen) atoms. The Morgan fingerprint density at radius 2 is 2.12 bits per heavy atom. The molecule has 0 heterocycles. The van der Waals surface area contributed by atoms with Crippen LogP contribution in [-0.4, -0.2) is 24.1 Å². The molecule has 0 saturated carbocycles. The van der Waals surface area contributed by atoms with E-state index >= 15 is 0 Å². The summed E-state index contributed by atoms with van der Waals surface area (Å²) < 4.78 is 14.1. The van der Waals surface area contributed by atoms with Gasteiger partial charge in [0.1, 0.15) is 5.82 Å². The Hall–Kier alpha value is -0.0600. The van der Waals surface area contributed by atoms with Crippen molar-refractivity contribution in [2.45, 2.75) is 26.3 Å². The van der Waals surface area contributed by atoms with Crippen LogP contribution in [-0.2, 0) is 6.42 Å². The molecule has 0 aliphatic heterocycles. The highest BCUT2D eigenvalue weighted by atomic mass is 79.9. The van der Waals surface area contributed by atoms with Crippen molar-refractivity contribution in [1.82, 2.24) is 5.32 Å². The molecule has 0 aliphatic rings. The molecule has 0 aliphatic carbocycles. The molecule has 0 fully saturated rings. The molecule has 0 bridgehead atoms. The fourth-order valence-electron chi connectivity index (χ4n) is 1.75. The molecule has 4 heteroatoms. The van der Waals surface area contributed by atoms with Gasteiger partial charge in [-0.25, -0.2) is 4.39 Å². The summed E-state index contributed by atoms with van der Waals surface area (Å²) in [4.78, 5) is 0. The number of likely N-dealkylation sites (N-methyl/N-ethyl adjacent to an activating group) is 1. The van der Waals surface area contributed by atoms with E-state index in [1.807, 2.05) is 17.8 Å². The first-order valence-corrected chi connectivity index (χ1v) is 7.86. The summed E-state index contributed by atoms with van der Waals surface area (Å²) in [5.74, 6) is 2.01. The van der Waals surface area contributed by atoms with Crippen LogP contribution in [0.15, 0.2) is 22.7 Å². The molecule has 1 N–H and O–H groups in total. The highest BCUT2D eigenvalue weighted by Gasteiger charge is 2.09. The van der Waals surface area contributed by atoms with Crippen molar-refractivity contribution < 1.29 is 4.39 Å². The lowest BCUT2D eigenvalue weighted by Gasteiger charge is -2.17. The van der Waals surface area contributed by atoms with Crippen LogP contribution in [0.4, 0.5) is 4.39 Å². The number of benzene rings is 1. The van der Waals surface area contributed by atoms with E-state index in [4.69, 9.17) is 0 Å². The summed E-state index contributed by atoms with van der Waals surface area (Å²) in [6, 6.07) is 5.51. The SMILES string of the molecule is CCNC(CSCC)Cc1cc(F)cc(Br)c1. The monoisotopic (exact) mass is 319 g/mol. The second-order valence-electron chi connectivity index (χ2n) is 3.90. The topological polar surface area (TPSA) is 12.0 Å². The molecule has 1 aromatic carbocycles. The molecule has 0 radical (unpaired) electrons. The lowest BCUT2D eigenvalue weighted by atomic mass is 10.1. The molecule has 0 amide bonds. The van der Waals surface area contributed by atoms with Gasteiger partial charge in [0.05, 0.1) is 0 Å². The van der Waals surface area contributed by atoms with E-state index in [1.165, 1.54) is 6.07 Å². The van der Waals surface area contributed by atoms with E-state index in [2.05, 4.69) is 35.1 Å². The fraction of sp³-hybridized carbons (Fsp3) is 0.538. The second-order valence-corrected chi connectivity index (χ2v) is 6.13. The van der Waals surface area contributed by atoms with Crippen LogP contribution in [0.25, 0.3) is 0 Å². The number of hydrogen-bond donors (Lipinski definition) is 1. The maximum absolute atomic E-state index is 13.3. The van der Waals surface area contributed by atoms with Gasteiger partial charge in [-0.05, 0) is 42.5 Å².